The molecule has 9 rings (SSSR count). The Morgan fingerprint density at radius 3 is 2.40 bits per heavy atom. The summed E-state index contributed by atoms with van der Waals surface area (Å²) in [5.41, 5.74) is 17.2. The summed E-state index contributed by atoms with van der Waals surface area (Å²) in [5.74, 6) is -1.09. The largest absolute Gasteiger partial charge is 0.420 e. The number of piperidine rings is 1. The van der Waals surface area contributed by atoms with Crippen molar-refractivity contribution < 1.29 is 28.4 Å². The zero-order valence-electron chi connectivity index (χ0n) is 40.1. The molecular weight excluding hydrogens is 861 g/mol. The summed E-state index contributed by atoms with van der Waals surface area (Å²) in [4.78, 5) is 72.1. The number of rotatable bonds is 10. The predicted molar refractivity (Wildman–Crippen MR) is 260 cm³/mol. The Bertz CT molecular complexity index is 2540. The summed E-state index contributed by atoms with van der Waals surface area (Å²) in [5, 5.41) is 13.8. The molecule has 4 aromatic rings. The number of hydrogen-bond acceptors (Lipinski definition) is 14. The molecule has 6 N–H and O–H groups in total. The van der Waals surface area contributed by atoms with Gasteiger partial charge in [-0.25, -0.2) is 4.98 Å². The number of nitrogens with two attached hydrogens (primary N) is 2. The summed E-state index contributed by atoms with van der Waals surface area (Å²) >= 11 is 0. The number of carbonyl (C=O) groups excluding carboxylic acids is 5. The van der Waals surface area contributed by atoms with Crippen molar-refractivity contribution in [3.63, 3.8) is 0 Å². The van der Waals surface area contributed by atoms with Crippen LogP contribution in [0, 0.1) is 11.3 Å². The highest BCUT2D eigenvalue weighted by molar-refractivity contribution is 6.18. The average Bonchev–Trinajstić information content (AvgIpc) is 3.95. The number of nitrogens with zero attached hydrogens (tertiary/aromatic N) is 6. The number of ketones is 1. The molecule has 2 aromatic carbocycles. The standard InChI is InChI=1S/C30H41N7O2.C13H13N3O4.C9H12/c1-20(38)22-10-9-21(17-24(22)29(2,3)4)33-28-32-18-23(26(31)34-28)27-36-35-25(39-27)11-15-37-16-14-30(19-37)12-7-5-6-8-13-30;14-7-3-1-2-6-10(7)13(20)16(12(6)19)8-4-5-9(17)15-11(8)18;1-2-6-9-7-4-3-5-8-9/h9-10,17-18H,5-8,11-16,19H2,1-4H3,(H3,31,32,33,34);1-3,7-8,10H,4-5,14H2,(H,15,17,18);3-5,7-8H,2,6H2,1H3. The van der Waals surface area contributed by atoms with Crippen LogP contribution >= 0.6 is 0 Å². The normalized spacial score (nSPS) is 21.2. The van der Waals surface area contributed by atoms with E-state index in [-0.39, 0.29) is 35.8 Å². The van der Waals surface area contributed by atoms with E-state index >= 15 is 0 Å². The van der Waals surface area contributed by atoms with Gasteiger partial charge in [-0.1, -0.05) is 108 Å². The molecule has 3 unspecified atom stereocenters. The van der Waals surface area contributed by atoms with Gasteiger partial charge >= 0.3 is 0 Å². The molecule has 16 nitrogen and oxygen atoms in total. The second-order valence-corrected chi connectivity index (χ2v) is 19.7. The Morgan fingerprint density at radius 1 is 0.985 bits per heavy atom. The fraction of sp³-hybridized carbons (Fsp3) is 0.481. The predicted octanol–water partition coefficient (Wildman–Crippen LogP) is 7.18. The van der Waals surface area contributed by atoms with Gasteiger partial charge in [-0.2, -0.15) is 4.98 Å². The minimum absolute atomic E-state index is 0.0409. The Morgan fingerprint density at radius 2 is 1.74 bits per heavy atom. The molecule has 3 atom stereocenters. The first-order valence-corrected chi connectivity index (χ1v) is 24.0. The van der Waals surface area contributed by atoms with Gasteiger partial charge in [0.25, 0.3) is 11.8 Å². The molecule has 0 bridgehead atoms. The molecule has 1 spiro atoms. The number of aromatic nitrogens is 4. The van der Waals surface area contributed by atoms with Crippen molar-refractivity contribution in [1.29, 1.82) is 0 Å². The van der Waals surface area contributed by atoms with E-state index in [1.54, 1.807) is 31.3 Å². The molecule has 5 aliphatic rings. The second kappa shape index (κ2) is 21.7. The average molecular weight is 927 g/mol. The van der Waals surface area contributed by atoms with Crippen molar-refractivity contribution >= 4 is 46.9 Å². The molecule has 3 saturated heterocycles. The number of allylic oxidation sites excluding steroid dienone is 2. The van der Waals surface area contributed by atoms with Gasteiger partial charge in [-0.15, -0.1) is 10.2 Å². The maximum Gasteiger partial charge on any atom is 0.258 e. The van der Waals surface area contributed by atoms with Crippen molar-refractivity contribution in [1.82, 2.24) is 35.3 Å². The second-order valence-electron chi connectivity index (χ2n) is 19.7. The fourth-order valence-electron chi connectivity index (χ4n) is 9.88. The summed E-state index contributed by atoms with van der Waals surface area (Å²) in [7, 11) is 0. The summed E-state index contributed by atoms with van der Waals surface area (Å²) in [6, 6.07) is 14.7. The lowest BCUT2D eigenvalue weighted by Gasteiger charge is -2.28. The number of fused-ring (bicyclic) bond motifs is 1. The summed E-state index contributed by atoms with van der Waals surface area (Å²) in [6.45, 7) is 13.3. The highest BCUT2D eigenvalue weighted by atomic mass is 16.4. The van der Waals surface area contributed by atoms with Gasteiger partial charge in [0, 0.05) is 55.0 Å². The van der Waals surface area contributed by atoms with E-state index in [4.69, 9.17) is 15.9 Å². The van der Waals surface area contributed by atoms with Gasteiger partial charge in [-0.05, 0) is 85.7 Å². The molecule has 2 aliphatic carbocycles. The number of imide groups is 2. The summed E-state index contributed by atoms with van der Waals surface area (Å²) in [6.07, 6.45) is 19.5. The van der Waals surface area contributed by atoms with Crippen LogP contribution in [0.2, 0.25) is 0 Å². The van der Waals surface area contributed by atoms with E-state index in [9.17, 15) is 24.0 Å². The SMILES string of the molecule is CC(=O)c1ccc(Nc2ncc(-c3nnc(CCN4CCC5(CCCCCC5)C4)o3)c(N)n2)cc1C(C)(C)C.CCCc1ccccc1.NC1C=CC=C2C(=O)N(C3CCC(=O)NC3=O)C(=O)C21. The Kier molecular flexibility index (Phi) is 15.8. The zero-order valence-corrected chi connectivity index (χ0v) is 40.1. The van der Waals surface area contributed by atoms with E-state index in [0.29, 0.717) is 39.8 Å². The number of aryl methyl sites for hydroxylation is 1. The van der Waals surface area contributed by atoms with E-state index in [2.05, 4.69) is 93.7 Å². The molecule has 4 fully saturated rings. The van der Waals surface area contributed by atoms with Gasteiger partial charge in [0.2, 0.25) is 29.6 Å². The molecule has 2 aromatic heterocycles. The van der Waals surface area contributed by atoms with Crippen LogP contribution in [0.25, 0.3) is 11.5 Å². The third kappa shape index (κ3) is 11.8. The number of carbonyl (C=O) groups is 5. The minimum Gasteiger partial charge on any atom is -0.420 e. The first-order valence-electron chi connectivity index (χ1n) is 24.0. The minimum atomic E-state index is -0.925. The number of benzene rings is 2. The van der Waals surface area contributed by atoms with Gasteiger partial charge in [-0.3, -0.25) is 34.2 Å². The Balaban J connectivity index is 0.000000194. The topological polar surface area (TPSA) is 233 Å². The third-order valence-electron chi connectivity index (χ3n) is 13.5. The Labute approximate surface area is 398 Å². The van der Waals surface area contributed by atoms with Crippen LogP contribution in [0.15, 0.2) is 82.9 Å². The van der Waals surface area contributed by atoms with Crippen LogP contribution < -0.4 is 22.1 Å². The molecule has 5 heterocycles. The fourth-order valence-corrected chi connectivity index (χ4v) is 9.88. The van der Waals surface area contributed by atoms with Gasteiger partial charge < -0.3 is 26.1 Å². The van der Waals surface area contributed by atoms with E-state index in [0.717, 1.165) is 35.7 Å². The number of hydrogen-bond donors (Lipinski definition) is 4. The van der Waals surface area contributed by atoms with Gasteiger partial charge in [0.1, 0.15) is 11.9 Å². The third-order valence-corrected chi connectivity index (χ3v) is 13.5. The van der Waals surface area contributed by atoms with Crippen LogP contribution in [0.5, 0.6) is 0 Å². The number of anilines is 3. The lowest BCUT2D eigenvalue weighted by Crippen LogP contribution is -2.54. The van der Waals surface area contributed by atoms with Crippen molar-refractivity contribution in [2.24, 2.45) is 17.1 Å². The van der Waals surface area contributed by atoms with Crippen LogP contribution in [0.1, 0.15) is 126 Å². The molecule has 4 amide bonds. The molecule has 68 heavy (non-hydrogen) atoms. The van der Waals surface area contributed by atoms with Crippen LogP contribution in [-0.2, 0) is 37.4 Å². The maximum absolute atomic E-state index is 12.4. The molecular formula is C52H66N10O6. The molecule has 3 aliphatic heterocycles. The monoisotopic (exact) mass is 927 g/mol. The first kappa shape index (κ1) is 49.5. The van der Waals surface area contributed by atoms with E-state index in [1.165, 1.54) is 69.9 Å². The van der Waals surface area contributed by atoms with Crippen LogP contribution in [0.4, 0.5) is 17.5 Å². The van der Waals surface area contributed by atoms with Gasteiger partial charge in [0.05, 0.1) is 11.5 Å². The molecule has 16 heteroatoms. The highest BCUT2D eigenvalue weighted by Crippen LogP contribution is 2.43. The zero-order chi connectivity index (χ0) is 48.6. The van der Waals surface area contributed by atoms with Crippen molar-refractivity contribution in [2.75, 3.05) is 30.7 Å². The number of nitrogen functional groups attached to an aromatic ring is 1. The first-order chi connectivity index (χ1) is 32.6. The number of likely N-dealkylation sites (tertiary alicyclic amines) is 2. The van der Waals surface area contributed by atoms with Crippen molar-refractivity contribution in [2.45, 2.75) is 129 Å². The molecule has 360 valence electrons. The number of amides is 4. The van der Waals surface area contributed by atoms with Gasteiger partial charge in [0.15, 0.2) is 5.78 Å². The lowest BCUT2D eigenvalue weighted by atomic mass is 9.80. The Hall–Kier alpha value is -6.39. The van der Waals surface area contributed by atoms with Crippen LogP contribution in [0.3, 0.4) is 0 Å². The van der Waals surface area contributed by atoms with E-state index in [1.807, 2.05) is 18.2 Å². The highest BCUT2D eigenvalue weighted by Gasteiger charge is 2.51. The summed E-state index contributed by atoms with van der Waals surface area (Å²) < 4.78 is 5.95. The van der Waals surface area contributed by atoms with E-state index < -0.39 is 35.7 Å². The molecule has 0 radical (unpaired) electrons. The van der Waals surface area contributed by atoms with Crippen molar-refractivity contribution in [3.05, 3.63) is 101 Å². The number of Topliss-reactive ketones (excluding diaryl/α,β-unsaturated/α-hetero) is 1. The maximum atomic E-state index is 12.4. The van der Waals surface area contributed by atoms with Crippen LogP contribution in [-0.4, -0.2) is 91.1 Å². The quantitative estimate of drug-likeness (QED) is 0.0912. The smallest absolute Gasteiger partial charge is 0.258 e. The van der Waals surface area contributed by atoms with Crippen molar-refractivity contribution in [3.8, 4) is 11.5 Å². The number of nitrogens with one attached hydrogen (secondary N) is 2. The molecule has 1 saturated carbocycles. The lowest BCUT2D eigenvalue weighted by molar-refractivity contribution is -0.151.